The highest BCUT2D eigenvalue weighted by Crippen LogP contribution is 2.28. The van der Waals surface area contributed by atoms with Crippen LogP contribution in [0, 0.1) is 13.8 Å². The van der Waals surface area contributed by atoms with Crippen LogP contribution in [0.4, 0.5) is 11.4 Å². The number of hydrogen-bond acceptors (Lipinski definition) is 5. The van der Waals surface area contributed by atoms with Crippen molar-refractivity contribution in [3.05, 3.63) is 82.4 Å². The number of carbonyl (C=O) groups is 1. The van der Waals surface area contributed by atoms with Gasteiger partial charge in [-0.15, -0.1) is 0 Å². The van der Waals surface area contributed by atoms with Crippen molar-refractivity contribution < 1.29 is 17.9 Å². The largest absolute Gasteiger partial charge is 0.497 e. The predicted molar refractivity (Wildman–Crippen MR) is 139 cm³/mol. The molecule has 184 valence electrons. The van der Waals surface area contributed by atoms with Crippen LogP contribution < -0.4 is 14.4 Å². The van der Waals surface area contributed by atoms with Gasteiger partial charge in [-0.1, -0.05) is 23.7 Å². The van der Waals surface area contributed by atoms with Crippen LogP contribution in [0.3, 0.4) is 0 Å². The van der Waals surface area contributed by atoms with Crippen LogP contribution in [0.15, 0.2) is 65.6 Å². The lowest BCUT2D eigenvalue weighted by Gasteiger charge is -2.36. The van der Waals surface area contributed by atoms with E-state index >= 15 is 0 Å². The third kappa shape index (κ3) is 5.39. The second kappa shape index (κ2) is 10.2. The number of carbonyl (C=O) groups excluding carboxylic acids is 1. The van der Waals surface area contributed by atoms with E-state index in [-0.39, 0.29) is 21.4 Å². The lowest BCUT2D eigenvalue weighted by molar-refractivity contribution is 0.0746. The van der Waals surface area contributed by atoms with Gasteiger partial charge in [0.15, 0.2) is 0 Å². The normalized spacial score (nSPS) is 14.1. The maximum Gasteiger partial charge on any atom is 0.263 e. The van der Waals surface area contributed by atoms with Crippen molar-refractivity contribution in [1.29, 1.82) is 0 Å². The Kier molecular flexibility index (Phi) is 7.23. The summed E-state index contributed by atoms with van der Waals surface area (Å²) in [4.78, 5) is 17.0. The molecule has 1 N–H and O–H groups in total. The highest BCUT2D eigenvalue weighted by atomic mass is 35.5. The zero-order valence-electron chi connectivity index (χ0n) is 19.9. The van der Waals surface area contributed by atoms with Gasteiger partial charge in [0.1, 0.15) is 10.6 Å². The Labute approximate surface area is 211 Å². The summed E-state index contributed by atoms with van der Waals surface area (Å²) in [5.74, 6) is 0.572. The number of aryl methyl sites for hydroxylation is 1. The van der Waals surface area contributed by atoms with Crippen LogP contribution in [0.1, 0.15) is 21.5 Å². The Bertz CT molecular complexity index is 1340. The third-order valence-electron chi connectivity index (χ3n) is 6.32. The molecular weight excluding hydrogens is 486 g/mol. The molecule has 0 radical (unpaired) electrons. The minimum Gasteiger partial charge on any atom is -0.497 e. The number of amides is 1. The number of nitrogens with zero attached hydrogens (tertiary/aromatic N) is 2. The van der Waals surface area contributed by atoms with Gasteiger partial charge in [0.25, 0.3) is 15.9 Å². The van der Waals surface area contributed by atoms with Crippen molar-refractivity contribution in [2.75, 3.05) is 42.9 Å². The van der Waals surface area contributed by atoms with Crippen LogP contribution in [0.25, 0.3) is 0 Å². The fourth-order valence-corrected chi connectivity index (χ4v) is 5.70. The number of halogens is 1. The van der Waals surface area contributed by atoms with Gasteiger partial charge < -0.3 is 14.5 Å². The average Bonchev–Trinajstić information content (AvgIpc) is 2.86. The summed E-state index contributed by atoms with van der Waals surface area (Å²) in [6, 6.07) is 17.6. The second-order valence-electron chi connectivity index (χ2n) is 8.48. The van der Waals surface area contributed by atoms with E-state index < -0.39 is 10.0 Å². The molecule has 35 heavy (non-hydrogen) atoms. The SMILES string of the molecule is COc1ccc(N2CCN(C(=O)c3ccc(Cl)c(S(=O)(=O)Nc4cccc(C)c4C)c3)CC2)cc1. The summed E-state index contributed by atoms with van der Waals surface area (Å²) in [6.45, 7) is 6.15. The molecule has 1 aliphatic heterocycles. The number of hydrogen-bond donors (Lipinski definition) is 1. The lowest BCUT2D eigenvalue weighted by atomic mass is 10.1. The molecule has 0 spiro atoms. The Morgan fingerprint density at radius 3 is 2.31 bits per heavy atom. The molecule has 1 fully saturated rings. The van der Waals surface area contributed by atoms with Crippen LogP contribution in [0.5, 0.6) is 5.75 Å². The van der Waals surface area contributed by atoms with Crippen LogP contribution in [-0.4, -0.2) is 52.5 Å². The van der Waals surface area contributed by atoms with E-state index in [0.717, 1.165) is 22.6 Å². The summed E-state index contributed by atoms with van der Waals surface area (Å²) in [5.41, 5.74) is 3.62. The molecule has 0 atom stereocenters. The molecule has 1 saturated heterocycles. The van der Waals surface area contributed by atoms with Gasteiger partial charge in [0, 0.05) is 37.4 Å². The first-order valence-corrected chi connectivity index (χ1v) is 13.1. The molecule has 0 saturated carbocycles. The third-order valence-corrected chi connectivity index (χ3v) is 8.17. The fourth-order valence-electron chi connectivity index (χ4n) is 4.05. The summed E-state index contributed by atoms with van der Waals surface area (Å²) < 4.78 is 34.1. The van der Waals surface area contributed by atoms with Crippen molar-refractivity contribution in [3.63, 3.8) is 0 Å². The summed E-state index contributed by atoms with van der Waals surface area (Å²) in [5, 5.41) is 0.0590. The molecule has 0 bridgehead atoms. The number of piperazine rings is 1. The Balaban J connectivity index is 1.49. The molecule has 0 unspecified atom stereocenters. The Hall–Kier alpha value is -3.23. The zero-order valence-corrected chi connectivity index (χ0v) is 21.5. The predicted octanol–water partition coefficient (Wildman–Crippen LogP) is 4.73. The number of sulfonamides is 1. The molecular formula is C26H28ClN3O4S. The van der Waals surface area contributed by atoms with Gasteiger partial charge in [-0.25, -0.2) is 8.42 Å². The van der Waals surface area contributed by atoms with Crippen molar-refractivity contribution in [2.24, 2.45) is 0 Å². The van der Waals surface area contributed by atoms with Gasteiger partial charge in [-0.05, 0) is 73.5 Å². The first-order chi connectivity index (χ1) is 16.7. The number of nitrogens with one attached hydrogen (secondary N) is 1. The molecule has 0 aliphatic carbocycles. The zero-order chi connectivity index (χ0) is 25.2. The van der Waals surface area contributed by atoms with Crippen molar-refractivity contribution in [2.45, 2.75) is 18.7 Å². The van der Waals surface area contributed by atoms with Crippen LogP contribution in [-0.2, 0) is 10.0 Å². The minimum absolute atomic E-state index is 0.0590. The lowest BCUT2D eigenvalue weighted by Crippen LogP contribution is -2.48. The molecule has 9 heteroatoms. The number of benzene rings is 3. The van der Waals surface area contributed by atoms with E-state index in [1.165, 1.54) is 12.1 Å². The number of methoxy groups -OCH3 is 1. The van der Waals surface area contributed by atoms with Crippen LogP contribution in [0.2, 0.25) is 5.02 Å². The van der Waals surface area contributed by atoms with E-state index in [1.54, 1.807) is 30.2 Å². The van der Waals surface area contributed by atoms with Gasteiger partial charge in [0.05, 0.1) is 17.8 Å². The van der Waals surface area contributed by atoms with Gasteiger partial charge in [-0.2, -0.15) is 0 Å². The first-order valence-electron chi connectivity index (χ1n) is 11.3. The molecule has 3 aromatic carbocycles. The van der Waals surface area contributed by atoms with Gasteiger partial charge in [-0.3, -0.25) is 9.52 Å². The maximum atomic E-state index is 13.2. The smallest absolute Gasteiger partial charge is 0.263 e. The molecule has 1 heterocycles. The highest BCUT2D eigenvalue weighted by molar-refractivity contribution is 7.92. The number of ether oxygens (including phenoxy) is 1. The summed E-state index contributed by atoms with van der Waals surface area (Å²) in [7, 11) is -2.36. The number of rotatable bonds is 6. The molecule has 1 amide bonds. The minimum atomic E-state index is -3.99. The quantitative estimate of drug-likeness (QED) is 0.515. The Morgan fingerprint density at radius 2 is 1.66 bits per heavy atom. The standard InChI is InChI=1S/C26H28ClN3O4S/c1-18-5-4-6-24(19(18)2)28-35(32,33)25-17-20(7-12-23(25)27)26(31)30-15-13-29(14-16-30)21-8-10-22(34-3)11-9-21/h4-12,17,28H,13-16H2,1-3H3. The van der Waals surface area contributed by atoms with E-state index in [2.05, 4.69) is 9.62 Å². The first kappa shape index (κ1) is 24.9. The van der Waals surface area contributed by atoms with Gasteiger partial charge in [0.2, 0.25) is 0 Å². The molecule has 1 aliphatic rings. The average molecular weight is 514 g/mol. The van der Waals surface area contributed by atoms with Crippen LogP contribution >= 0.6 is 11.6 Å². The van der Waals surface area contributed by atoms with E-state index in [1.807, 2.05) is 44.2 Å². The van der Waals surface area contributed by atoms with Crippen molar-refractivity contribution in [3.8, 4) is 5.75 Å². The molecule has 7 nitrogen and oxygen atoms in total. The Morgan fingerprint density at radius 1 is 0.971 bits per heavy atom. The molecule has 3 aromatic rings. The fraction of sp³-hybridized carbons (Fsp3) is 0.269. The summed E-state index contributed by atoms with van der Waals surface area (Å²) in [6.07, 6.45) is 0. The molecule has 4 rings (SSSR count). The van der Waals surface area contributed by atoms with Crippen molar-refractivity contribution in [1.82, 2.24) is 4.90 Å². The molecule has 0 aromatic heterocycles. The summed E-state index contributed by atoms with van der Waals surface area (Å²) >= 11 is 6.26. The van der Waals surface area contributed by atoms with E-state index in [0.29, 0.717) is 31.9 Å². The monoisotopic (exact) mass is 513 g/mol. The maximum absolute atomic E-state index is 13.2. The second-order valence-corrected chi connectivity index (χ2v) is 10.5. The van der Waals surface area contributed by atoms with E-state index in [9.17, 15) is 13.2 Å². The number of anilines is 2. The highest BCUT2D eigenvalue weighted by Gasteiger charge is 2.26. The van der Waals surface area contributed by atoms with E-state index in [4.69, 9.17) is 16.3 Å². The topological polar surface area (TPSA) is 79.0 Å². The van der Waals surface area contributed by atoms with Crippen molar-refractivity contribution >= 4 is 38.9 Å². The van der Waals surface area contributed by atoms with Gasteiger partial charge >= 0.3 is 0 Å².